The number of nitro benzene ring substituents is 1. The molecule has 0 spiro atoms. The van der Waals surface area contributed by atoms with E-state index in [1.54, 1.807) is 12.1 Å². The topological polar surface area (TPSA) is 48.1 Å². The van der Waals surface area contributed by atoms with Gasteiger partial charge in [-0.25, -0.2) is 0 Å². The fourth-order valence-electron chi connectivity index (χ4n) is 4.86. The summed E-state index contributed by atoms with van der Waals surface area (Å²) in [6, 6.07) is 39.8. The van der Waals surface area contributed by atoms with Crippen LogP contribution in [0.4, 0.5) is 5.69 Å². The van der Waals surface area contributed by atoms with Crippen LogP contribution in [0.5, 0.6) is 0 Å². The van der Waals surface area contributed by atoms with Gasteiger partial charge in [-0.2, -0.15) is 0 Å². The number of aromatic nitrogens is 1. The Morgan fingerprint density at radius 3 is 1.71 bits per heavy atom. The SMILES string of the molecule is O=[N+]([O-])c1ccc2c(ccn2CCC[P+](c2ccccc2)(c2ccccc2)c2ccccc2)c1.[I-]. The summed E-state index contributed by atoms with van der Waals surface area (Å²) in [5, 5.41) is 16.2. The van der Waals surface area contributed by atoms with E-state index in [0.29, 0.717) is 0 Å². The van der Waals surface area contributed by atoms with Crippen LogP contribution < -0.4 is 39.9 Å². The predicted octanol–water partition coefficient (Wildman–Crippen LogP) is 2.94. The largest absolute Gasteiger partial charge is 1.00 e. The van der Waals surface area contributed by atoms with Crippen LogP contribution in [0.1, 0.15) is 6.42 Å². The molecule has 1 heterocycles. The van der Waals surface area contributed by atoms with Crippen molar-refractivity contribution in [2.45, 2.75) is 13.0 Å². The molecule has 5 rings (SSSR count). The smallest absolute Gasteiger partial charge is 0.270 e. The highest BCUT2D eigenvalue weighted by atomic mass is 127. The zero-order valence-corrected chi connectivity index (χ0v) is 22.3. The summed E-state index contributed by atoms with van der Waals surface area (Å²) in [6.45, 7) is 0.857. The Balaban J connectivity index is 0.00000289. The number of nitro groups is 1. The number of hydrogen-bond acceptors (Lipinski definition) is 2. The summed E-state index contributed by atoms with van der Waals surface area (Å²) in [4.78, 5) is 10.8. The van der Waals surface area contributed by atoms with Crippen LogP contribution in [0, 0.1) is 10.1 Å². The lowest BCUT2D eigenvalue weighted by molar-refractivity contribution is -0.384. The van der Waals surface area contributed by atoms with Crippen LogP contribution in [-0.2, 0) is 6.54 Å². The number of benzene rings is 4. The number of halogens is 1. The second-order valence-corrected chi connectivity index (χ2v) is 12.0. The third-order valence-electron chi connectivity index (χ3n) is 6.45. The predicted molar refractivity (Wildman–Crippen MR) is 143 cm³/mol. The molecule has 0 unspecified atom stereocenters. The van der Waals surface area contributed by atoms with Crippen molar-refractivity contribution in [3.8, 4) is 0 Å². The van der Waals surface area contributed by atoms with Crippen molar-refractivity contribution in [1.82, 2.24) is 4.57 Å². The lowest BCUT2D eigenvalue weighted by Crippen LogP contribution is -3.00. The average molecular weight is 592 g/mol. The Morgan fingerprint density at radius 2 is 1.23 bits per heavy atom. The van der Waals surface area contributed by atoms with Gasteiger partial charge in [0.25, 0.3) is 5.69 Å². The van der Waals surface area contributed by atoms with Gasteiger partial charge in [0.1, 0.15) is 23.2 Å². The van der Waals surface area contributed by atoms with E-state index >= 15 is 0 Å². The molecule has 0 bridgehead atoms. The van der Waals surface area contributed by atoms with Crippen LogP contribution in [0.2, 0.25) is 0 Å². The molecule has 0 aliphatic carbocycles. The highest BCUT2D eigenvalue weighted by molar-refractivity contribution is 7.95. The van der Waals surface area contributed by atoms with Gasteiger partial charge in [0.05, 0.1) is 11.1 Å². The van der Waals surface area contributed by atoms with E-state index in [2.05, 4.69) is 95.6 Å². The van der Waals surface area contributed by atoms with Gasteiger partial charge in [-0.3, -0.25) is 10.1 Å². The van der Waals surface area contributed by atoms with E-state index in [1.807, 2.05) is 18.3 Å². The molecule has 4 aromatic carbocycles. The van der Waals surface area contributed by atoms with Crippen molar-refractivity contribution < 1.29 is 28.9 Å². The van der Waals surface area contributed by atoms with Gasteiger partial charge in [-0.15, -0.1) is 0 Å². The Kier molecular flexibility index (Phi) is 7.99. The molecule has 6 heteroatoms. The number of non-ortho nitro benzene ring substituents is 1. The van der Waals surface area contributed by atoms with Gasteiger partial charge >= 0.3 is 0 Å². The van der Waals surface area contributed by atoms with E-state index in [1.165, 1.54) is 15.9 Å². The Morgan fingerprint density at radius 1 is 0.714 bits per heavy atom. The van der Waals surface area contributed by atoms with Crippen LogP contribution >= 0.6 is 7.26 Å². The zero-order valence-electron chi connectivity index (χ0n) is 19.2. The first-order chi connectivity index (χ1) is 16.7. The van der Waals surface area contributed by atoms with Crippen molar-refractivity contribution in [2.75, 3.05) is 6.16 Å². The minimum atomic E-state index is -1.86. The standard InChI is InChI=1S/C29H26N2O2P.HI/c32-31(33)25-17-18-29-24(23-25)19-21-30(29)20-10-22-34(26-11-4-1-5-12-26,27-13-6-2-7-14-27)28-15-8-3-9-16-28;/h1-9,11-19,21,23H,10,20,22H2;1H/q+1;/p-1. The molecular formula is C29H26IN2O2P. The van der Waals surface area contributed by atoms with Crippen molar-refractivity contribution in [3.63, 3.8) is 0 Å². The number of fused-ring (bicyclic) bond motifs is 1. The Labute approximate surface area is 223 Å². The molecule has 176 valence electrons. The highest BCUT2D eigenvalue weighted by Gasteiger charge is 2.44. The molecule has 0 saturated carbocycles. The molecule has 35 heavy (non-hydrogen) atoms. The molecule has 0 aliphatic heterocycles. The minimum Gasteiger partial charge on any atom is -1.00 e. The summed E-state index contributed by atoms with van der Waals surface area (Å²) in [5.74, 6) is 0. The molecular weight excluding hydrogens is 566 g/mol. The maximum Gasteiger partial charge on any atom is 0.270 e. The Bertz CT molecular complexity index is 1310. The third-order valence-corrected chi connectivity index (χ3v) is 11.0. The first kappa shape index (κ1) is 25.1. The van der Waals surface area contributed by atoms with E-state index < -0.39 is 7.26 Å². The van der Waals surface area contributed by atoms with Crippen LogP contribution in [0.15, 0.2) is 121 Å². The van der Waals surface area contributed by atoms with Crippen LogP contribution in [-0.4, -0.2) is 15.7 Å². The maximum absolute atomic E-state index is 11.1. The summed E-state index contributed by atoms with van der Waals surface area (Å²) in [6.07, 6.45) is 4.08. The third kappa shape index (κ3) is 5.02. The molecule has 0 radical (unpaired) electrons. The molecule has 0 fully saturated rings. The summed E-state index contributed by atoms with van der Waals surface area (Å²) < 4.78 is 2.22. The van der Waals surface area contributed by atoms with E-state index in [-0.39, 0.29) is 34.6 Å². The van der Waals surface area contributed by atoms with Gasteiger partial charge in [0, 0.05) is 42.2 Å². The number of aryl methyl sites for hydroxylation is 1. The lowest BCUT2D eigenvalue weighted by atomic mass is 10.2. The number of nitrogens with zero attached hydrogens (tertiary/aromatic N) is 2. The normalized spacial score (nSPS) is 11.2. The highest BCUT2D eigenvalue weighted by Crippen LogP contribution is 2.55. The van der Waals surface area contributed by atoms with Gasteiger partial charge in [-0.1, -0.05) is 54.6 Å². The van der Waals surface area contributed by atoms with E-state index in [9.17, 15) is 10.1 Å². The molecule has 0 amide bonds. The van der Waals surface area contributed by atoms with Crippen molar-refractivity contribution in [3.05, 3.63) is 132 Å². The van der Waals surface area contributed by atoms with Crippen LogP contribution in [0.3, 0.4) is 0 Å². The lowest BCUT2D eigenvalue weighted by Gasteiger charge is -2.28. The fraction of sp³-hybridized carbons (Fsp3) is 0.103. The van der Waals surface area contributed by atoms with Gasteiger partial charge in [0.15, 0.2) is 0 Å². The zero-order chi connectivity index (χ0) is 23.4. The van der Waals surface area contributed by atoms with Crippen molar-refractivity contribution >= 4 is 39.8 Å². The van der Waals surface area contributed by atoms with Crippen LogP contribution in [0.25, 0.3) is 10.9 Å². The number of rotatable bonds is 8. The first-order valence-electron chi connectivity index (χ1n) is 11.5. The molecule has 5 aromatic rings. The van der Waals surface area contributed by atoms with E-state index in [0.717, 1.165) is 30.0 Å². The fourth-order valence-corrected chi connectivity index (χ4v) is 9.18. The van der Waals surface area contributed by atoms with Gasteiger partial charge < -0.3 is 28.5 Å². The molecule has 0 saturated heterocycles. The second-order valence-electron chi connectivity index (χ2n) is 8.40. The number of hydrogen-bond donors (Lipinski definition) is 0. The maximum atomic E-state index is 11.1. The quantitative estimate of drug-likeness (QED) is 0.121. The molecule has 0 N–H and O–H groups in total. The molecule has 0 atom stereocenters. The van der Waals surface area contributed by atoms with Gasteiger partial charge in [0.2, 0.25) is 0 Å². The monoisotopic (exact) mass is 592 g/mol. The van der Waals surface area contributed by atoms with Crippen molar-refractivity contribution in [2.24, 2.45) is 0 Å². The summed E-state index contributed by atoms with van der Waals surface area (Å²) in [7, 11) is -1.86. The first-order valence-corrected chi connectivity index (χ1v) is 13.4. The van der Waals surface area contributed by atoms with E-state index in [4.69, 9.17) is 0 Å². The average Bonchev–Trinajstić information content (AvgIpc) is 3.30. The Hall–Kier alpha value is -3.02. The molecule has 1 aromatic heterocycles. The summed E-state index contributed by atoms with van der Waals surface area (Å²) in [5.41, 5.74) is 1.17. The second kappa shape index (κ2) is 11.1. The van der Waals surface area contributed by atoms with Gasteiger partial charge in [-0.05, 0) is 48.5 Å². The molecule has 4 nitrogen and oxygen atoms in total. The summed E-state index contributed by atoms with van der Waals surface area (Å²) >= 11 is 0. The minimum absolute atomic E-state index is 0. The van der Waals surface area contributed by atoms with Crippen molar-refractivity contribution in [1.29, 1.82) is 0 Å². The molecule has 0 aliphatic rings.